The normalized spacial score (nSPS) is 27.9. The molecular formula is C13H19N3OS. The summed E-state index contributed by atoms with van der Waals surface area (Å²) in [5.74, 6) is 1.72. The summed E-state index contributed by atoms with van der Waals surface area (Å²) in [6.45, 7) is 5.98. The first-order valence-electron chi connectivity index (χ1n) is 6.66. The van der Waals surface area contributed by atoms with Crippen molar-refractivity contribution in [1.82, 2.24) is 15.2 Å². The van der Waals surface area contributed by atoms with Gasteiger partial charge in [0.05, 0.1) is 11.2 Å². The van der Waals surface area contributed by atoms with Crippen LogP contribution in [0, 0.1) is 18.8 Å². The van der Waals surface area contributed by atoms with Gasteiger partial charge in [-0.05, 0) is 44.7 Å². The van der Waals surface area contributed by atoms with E-state index < -0.39 is 0 Å². The summed E-state index contributed by atoms with van der Waals surface area (Å²) in [6, 6.07) is 0. The third-order valence-corrected chi connectivity index (χ3v) is 5.16. The number of hydrogen-bond acceptors (Lipinski definition) is 4. The van der Waals surface area contributed by atoms with Crippen LogP contribution < -0.4 is 5.32 Å². The summed E-state index contributed by atoms with van der Waals surface area (Å²) in [6.07, 6.45) is 2.28. The highest BCUT2D eigenvalue weighted by Gasteiger charge is 2.32. The van der Waals surface area contributed by atoms with E-state index in [1.54, 1.807) is 5.51 Å². The van der Waals surface area contributed by atoms with Crippen molar-refractivity contribution in [3.05, 3.63) is 16.1 Å². The van der Waals surface area contributed by atoms with Gasteiger partial charge in [0.1, 0.15) is 4.88 Å². The summed E-state index contributed by atoms with van der Waals surface area (Å²) >= 11 is 1.46. The van der Waals surface area contributed by atoms with E-state index >= 15 is 0 Å². The maximum Gasteiger partial charge on any atom is 0.265 e. The molecule has 2 fully saturated rings. The van der Waals surface area contributed by atoms with Gasteiger partial charge in [0.2, 0.25) is 0 Å². The number of carbonyl (C=O) groups is 1. The second-order valence-corrected chi connectivity index (χ2v) is 6.17. The van der Waals surface area contributed by atoms with Crippen molar-refractivity contribution in [2.75, 3.05) is 26.2 Å². The maximum absolute atomic E-state index is 12.4. The molecule has 0 aromatic carbocycles. The van der Waals surface area contributed by atoms with Crippen molar-refractivity contribution in [3.63, 3.8) is 0 Å². The van der Waals surface area contributed by atoms with Crippen LogP contribution in [0.2, 0.25) is 0 Å². The molecule has 3 rings (SSSR count). The standard InChI is InChI=1S/C13H19N3OS/c1-9-12(18-8-15-9)13(17)16-4-2-10-6-14-7-11(10)3-5-16/h8,10-11,14H,2-7H2,1H3/t10-,11+. The molecule has 5 heteroatoms. The minimum absolute atomic E-state index is 0.183. The molecule has 2 aliphatic rings. The highest BCUT2D eigenvalue weighted by atomic mass is 32.1. The Balaban J connectivity index is 1.70. The predicted molar refractivity (Wildman–Crippen MR) is 71.8 cm³/mol. The van der Waals surface area contributed by atoms with E-state index in [9.17, 15) is 4.79 Å². The Morgan fingerprint density at radius 2 is 2.06 bits per heavy atom. The van der Waals surface area contributed by atoms with Gasteiger partial charge in [-0.15, -0.1) is 11.3 Å². The van der Waals surface area contributed by atoms with Gasteiger partial charge >= 0.3 is 0 Å². The summed E-state index contributed by atoms with van der Waals surface area (Å²) in [7, 11) is 0. The molecule has 2 atom stereocenters. The van der Waals surface area contributed by atoms with Crippen LogP contribution in [0.15, 0.2) is 5.51 Å². The van der Waals surface area contributed by atoms with Gasteiger partial charge in [0, 0.05) is 13.1 Å². The minimum Gasteiger partial charge on any atom is -0.338 e. The second-order valence-electron chi connectivity index (χ2n) is 5.31. The number of fused-ring (bicyclic) bond motifs is 1. The Bertz CT molecular complexity index is 431. The zero-order valence-electron chi connectivity index (χ0n) is 10.7. The smallest absolute Gasteiger partial charge is 0.265 e. The van der Waals surface area contributed by atoms with Crippen molar-refractivity contribution < 1.29 is 4.79 Å². The van der Waals surface area contributed by atoms with Crippen LogP contribution in [-0.4, -0.2) is 42.0 Å². The molecule has 0 unspecified atom stereocenters. The van der Waals surface area contributed by atoms with Gasteiger partial charge in [0.25, 0.3) is 5.91 Å². The van der Waals surface area contributed by atoms with Crippen molar-refractivity contribution >= 4 is 17.2 Å². The Morgan fingerprint density at radius 1 is 1.39 bits per heavy atom. The van der Waals surface area contributed by atoms with Crippen molar-refractivity contribution in [1.29, 1.82) is 0 Å². The molecule has 2 saturated heterocycles. The van der Waals surface area contributed by atoms with Crippen LogP contribution in [0.1, 0.15) is 28.2 Å². The molecule has 0 bridgehead atoms. The average molecular weight is 265 g/mol. The van der Waals surface area contributed by atoms with Crippen LogP contribution in [0.5, 0.6) is 0 Å². The number of nitrogens with zero attached hydrogens (tertiary/aromatic N) is 2. The number of hydrogen-bond donors (Lipinski definition) is 1. The average Bonchev–Trinajstić information content (AvgIpc) is 2.94. The SMILES string of the molecule is Cc1ncsc1C(=O)N1CC[C@@H]2CNC[C@@H]2CC1. The first-order valence-corrected chi connectivity index (χ1v) is 7.53. The van der Waals surface area contributed by atoms with E-state index in [2.05, 4.69) is 10.3 Å². The van der Waals surface area contributed by atoms with Gasteiger partial charge in [-0.3, -0.25) is 4.79 Å². The summed E-state index contributed by atoms with van der Waals surface area (Å²) in [5, 5.41) is 3.46. The topological polar surface area (TPSA) is 45.2 Å². The van der Waals surface area contributed by atoms with Crippen molar-refractivity contribution in [2.45, 2.75) is 19.8 Å². The molecule has 1 N–H and O–H groups in total. The van der Waals surface area contributed by atoms with Gasteiger partial charge in [-0.1, -0.05) is 0 Å². The van der Waals surface area contributed by atoms with Crippen LogP contribution in [0.25, 0.3) is 0 Å². The summed E-state index contributed by atoms with van der Waals surface area (Å²) in [4.78, 5) is 19.5. The third-order valence-electron chi connectivity index (χ3n) is 4.25. The largest absolute Gasteiger partial charge is 0.338 e. The van der Waals surface area contributed by atoms with Gasteiger partial charge < -0.3 is 10.2 Å². The number of carbonyl (C=O) groups excluding carboxylic acids is 1. The lowest BCUT2D eigenvalue weighted by atomic mass is 9.92. The highest BCUT2D eigenvalue weighted by molar-refractivity contribution is 7.11. The highest BCUT2D eigenvalue weighted by Crippen LogP contribution is 2.28. The fourth-order valence-electron chi connectivity index (χ4n) is 3.07. The van der Waals surface area contributed by atoms with E-state index in [4.69, 9.17) is 0 Å². The van der Waals surface area contributed by atoms with E-state index in [0.717, 1.165) is 61.4 Å². The molecule has 18 heavy (non-hydrogen) atoms. The predicted octanol–water partition coefficient (Wildman–Crippen LogP) is 1.52. The van der Waals surface area contributed by atoms with Crippen molar-refractivity contribution in [2.24, 2.45) is 11.8 Å². The summed E-state index contributed by atoms with van der Waals surface area (Å²) < 4.78 is 0. The first-order chi connectivity index (χ1) is 8.75. The van der Waals surface area contributed by atoms with Gasteiger partial charge in [-0.2, -0.15) is 0 Å². The number of aromatic nitrogens is 1. The molecule has 0 saturated carbocycles. The summed E-state index contributed by atoms with van der Waals surface area (Å²) in [5.41, 5.74) is 2.63. The Morgan fingerprint density at radius 3 is 2.61 bits per heavy atom. The lowest BCUT2D eigenvalue weighted by Crippen LogP contribution is -2.32. The lowest BCUT2D eigenvalue weighted by molar-refractivity contribution is 0.0762. The van der Waals surface area contributed by atoms with E-state index in [-0.39, 0.29) is 5.91 Å². The molecule has 0 aliphatic carbocycles. The van der Waals surface area contributed by atoms with Crippen molar-refractivity contribution in [3.8, 4) is 0 Å². The number of nitrogens with one attached hydrogen (secondary N) is 1. The van der Waals surface area contributed by atoms with E-state index in [1.165, 1.54) is 11.3 Å². The second kappa shape index (κ2) is 4.97. The number of aryl methyl sites for hydroxylation is 1. The quantitative estimate of drug-likeness (QED) is 0.837. The van der Waals surface area contributed by atoms with E-state index in [1.807, 2.05) is 11.8 Å². The zero-order valence-corrected chi connectivity index (χ0v) is 11.5. The number of thiazole rings is 1. The number of amides is 1. The van der Waals surface area contributed by atoms with Crippen LogP contribution in [0.4, 0.5) is 0 Å². The van der Waals surface area contributed by atoms with Gasteiger partial charge in [-0.25, -0.2) is 4.98 Å². The molecule has 1 amide bonds. The van der Waals surface area contributed by atoms with Crippen LogP contribution >= 0.6 is 11.3 Å². The monoisotopic (exact) mass is 265 g/mol. The fraction of sp³-hybridized carbons (Fsp3) is 0.692. The lowest BCUT2D eigenvalue weighted by Gasteiger charge is -2.20. The Kier molecular flexibility index (Phi) is 3.35. The maximum atomic E-state index is 12.4. The van der Waals surface area contributed by atoms with Crippen LogP contribution in [-0.2, 0) is 0 Å². The van der Waals surface area contributed by atoms with Crippen LogP contribution in [0.3, 0.4) is 0 Å². The molecule has 4 nitrogen and oxygen atoms in total. The molecule has 2 aliphatic heterocycles. The number of rotatable bonds is 1. The molecule has 98 valence electrons. The molecule has 0 radical (unpaired) electrons. The first kappa shape index (κ1) is 12.1. The molecular weight excluding hydrogens is 246 g/mol. The Labute approximate surface area is 111 Å². The van der Waals surface area contributed by atoms with E-state index in [0.29, 0.717) is 0 Å². The fourth-order valence-corrected chi connectivity index (χ4v) is 3.84. The van der Waals surface area contributed by atoms with Gasteiger partial charge in [0.15, 0.2) is 0 Å². The molecule has 1 aromatic heterocycles. The zero-order chi connectivity index (χ0) is 12.5. The molecule has 1 aromatic rings. The number of likely N-dealkylation sites (tertiary alicyclic amines) is 1. The molecule has 0 spiro atoms. The Hall–Kier alpha value is -0.940. The molecule has 3 heterocycles. The minimum atomic E-state index is 0.183. The third kappa shape index (κ3) is 2.17.